The number of nitrogens with zero attached hydrogens (tertiary/aromatic N) is 2. The molecule has 0 saturated heterocycles. The Bertz CT molecular complexity index is 658. The monoisotopic (exact) mass is 299 g/mol. The van der Waals surface area contributed by atoms with Gasteiger partial charge in [0.1, 0.15) is 0 Å². The summed E-state index contributed by atoms with van der Waals surface area (Å²) < 4.78 is 51.9. The molecule has 4 nitrogen and oxygen atoms in total. The van der Waals surface area contributed by atoms with Gasteiger partial charge in [0.05, 0.1) is 5.56 Å². The molecule has 2 aromatic rings. The summed E-state index contributed by atoms with van der Waals surface area (Å²) in [6.45, 7) is -0.299. The van der Waals surface area contributed by atoms with Gasteiger partial charge in [-0.25, -0.2) is 9.37 Å². The van der Waals surface area contributed by atoms with E-state index in [1.807, 2.05) is 0 Å². The minimum absolute atomic E-state index is 0.0374. The molecule has 0 aliphatic carbocycles. The van der Waals surface area contributed by atoms with Crippen molar-refractivity contribution < 1.29 is 22.4 Å². The van der Waals surface area contributed by atoms with E-state index in [-0.39, 0.29) is 23.5 Å². The van der Waals surface area contributed by atoms with E-state index in [2.05, 4.69) is 15.3 Å². The summed E-state index contributed by atoms with van der Waals surface area (Å²) in [7, 11) is 0. The Labute approximate surface area is 116 Å². The average molecular weight is 299 g/mol. The van der Waals surface area contributed by atoms with Crippen LogP contribution in [-0.4, -0.2) is 16.3 Å². The molecule has 0 spiro atoms. The minimum atomic E-state index is -4.52. The van der Waals surface area contributed by atoms with Crippen molar-refractivity contribution in [2.75, 3.05) is 5.32 Å². The summed E-state index contributed by atoms with van der Waals surface area (Å²) >= 11 is 0. The predicted octanol–water partition coefficient (Wildman–Crippen LogP) is 3.06. The fourth-order valence-corrected chi connectivity index (χ4v) is 1.67. The van der Waals surface area contributed by atoms with Gasteiger partial charge in [-0.15, -0.1) is 0 Å². The van der Waals surface area contributed by atoms with Gasteiger partial charge in [-0.05, 0) is 12.1 Å². The maximum absolute atomic E-state index is 13.6. The van der Waals surface area contributed by atoms with E-state index >= 15 is 0 Å². The highest BCUT2D eigenvalue weighted by atomic mass is 19.4. The van der Waals surface area contributed by atoms with E-state index in [0.717, 1.165) is 30.7 Å². The first-order valence-electron chi connectivity index (χ1n) is 5.76. The first-order valence-corrected chi connectivity index (χ1v) is 5.76. The quantitative estimate of drug-likeness (QED) is 0.696. The molecule has 2 aromatic heterocycles. The molecule has 1 N–H and O–H groups in total. The Morgan fingerprint density at radius 3 is 2.67 bits per heavy atom. The molecule has 0 atom stereocenters. The number of hydrogen-bond donors (Lipinski definition) is 1. The molecule has 0 aliphatic rings. The zero-order valence-corrected chi connectivity index (χ0v) is 10.5. The number of aromatic nitrogens is 2. The third-order valence-corrected chi connectivity index (χ3v) is 2.65. The van der Waals surface area contributed by atoms with E-state index in [1.54, 1.807) is 0 Å². The van der Waals surface area contributed by atoms with Gasteiger partial charge < -0.3 is 5.32 Å². The highest BCUT2D eigenvalue weighted by Crippen LogP contribution is 2.31. The summed E-state index contributed by atoms with van der Waals surface area (Å²) in [6, 6.07) is 1.78. The van der Waals surface area contributed by atoms with E-state index in [4.69, 9.17) is 0 Å². The summed E-state index contributed by atoms with van der Waals surface area (Å²) in [5.74, 6) is -1.06. The van der Waals surface area contributed by atoms with Crippen LogP contribution in [0.2, 0.25) is 0 Å². The van der Waals surface area contributed by atoms with E-state index in [0.29, 0.717) is 6.29 Å². The lowest BCUT2D eigenvalue weighted by Crippen LogP contribution is -2.13. The van der Waals surface area contributed by atoms with Crippen LogP contribution in [0.1, 0.15) is 21.5 Å². The van der Waals surface area contributed by atoms with Gasteiger partial charge in [-0.1, -0.05) is 0 Å². The molecule has 21 heavy (non-hydrogen) atoms. The third-order valence-electron chi connectivity index (χ3n) is 2.65. The van der Waals surface area contributed by atoms with Crippen LogP contribution in [0.25, 0.3) is 0 Å². The SMILES string of the molecule is O=Cc1cnc(NCc2cnccc2C(F)(F)F)c(F)c1. The number of halogens is 4. The van der Waals surface area contributed by atoms with Crippen molar-refractivity contribution in [3.8, 4) is 0 Å². The van der Waals surface area contributed by atoms with Gasteiger partial charge in [-0.3, -0.25) is 9.78 Å². The average Bonchev–Trinajstić information content (AvgIpc) is 2.45. The second-order valence-electron chi connectivity index (χ2n) is 4.10. The molecule has 0 radical (unpaired) electrons. The lowest BCUT2D eigenvalue weighted by atomic mass is 10.1. The van der Waals surface area contributed by atoms with Crippen LogP contribution >= 0.6 is 0 Å². The van der Waals surface area contributed by atoms with E-state index in [9.17, 15) is 22.4 Å². The number of hydrogen-bond acceptors (Lipinski definition) is 4. The molecule has 2 rings (SSSR count). The van der Waals surface area contributed by atoms with Crippen LogP contribution in [0.15, 0.2) is 30.7 Å². The topological polar surface area (TPSA) is 54.9 Å². The number of rotatable bonds is 4. The first kappa shape index (κ1) is 14.9. The van der Waals surface area contributed by atoms with Crippen LogP contribution in [0.4, 0.5) is 23.4 Å². The fraction of sp³-hybridized carbons (Fsp3) is 0.154. The maximum atomic E-state index is 13.6. The number of nitrogens with one attached hydrogen (secondary N) is 1. The van der Waals surface area contributed by atoms with Crippen LogP contribution in [0.3, 0.4) is 0 Å². The van der Waals surface area contributed by atoms with E-state index < -0.39 is 17.6 Å². The van der Waals surface area contributed by atoms with Crippen molar-refractivity contribution in [1.29, 1.82) is 0 Å². The Balaban J connectivity index is 2.19. The number of carbonyl (C=O) groups excluding carboxylic acids is 1. The third kappa shape index (κ3) is 3.53. The zero-order chi connectivity index (χ0) is 15.5. The highest BCUT2D eigenvalue weighted by molar-refractivity contribution is 5.74. The molecule has 8 heteroatoms. The Morgan fingerprint density at radius 1 is 1.29 bits per heavy atom. The predicted molar refractivity (Wildman–Crippen MR) is 66.1 cm³/mol. The summed E-state index contributed by atoms with van der Waals surface area (Å²) in [5.41, 5.74) is -0.948. The summed E-state index contributed by atoms with van der Waals surface area (Å²) in [4.78, 5) is 17.7. The van der Waals surface area contributed by atoms with Gasteiger partial charge >= 0.3 is 6.18 Å². The number of pyridine rings is 2. The molecule has 0 bridgehead atoms. The van der Waals surface area contributed by atoms with Crippen molar-refractivity contribution >= 4 is 12.1 Å². The van der Waals surface area contributed by atoms with Crippen LogP contribution < -0.4 is 5.32 Å². The second kappa shape index (κ2) is 5.86. The van der Waals surface area contributed by atoms with Crippen molar-refractivity contribution in [3.63, 3.8) is 0 Å². The molecule has 0 amide bonds. The Hall–Kier alpha value is -2.51. The number of aldehydes is 1. The molecule has 0 unspecified atom stereocenters. The zero-order valence-electron chi connectivity index (χ0n) is 10.5. The summed E-state index contributed by atoms with van der Waals surface area (Å²) in [6.07, 6.45) is -0.903. The van der Waals surface area contributed by atoms with Crippen LogP contribution in [0.5, 0.6) is 0 Å². The van der Waals surface area contributed by atoms with Crippen molar-refractivity contribution in [2.24, 2.45) is 0 Å². The molecule has 0 aliphatic heterocycles. The molecular weight excluding hydrogens is 290 g/mol. The first-order chi connectivity index (χ1) is 9.91. The van der Waals surface area contributed by atoms with Gasteiger partial charge in [-0.2, -0.15) is 13.2 Å². The summed E-state index contributed by atoms with van der Waals surface area (Å²) in [5, 5.41) is 2.45. The maximum Gasteiger partial charge on any atom is 0.416 e. The largest absolute Gasteiger partial charge is 0.416 e. The molecule has 0 aromatic carbocycles. The lowest BCUT2D eigenvalue weighted by Gasteiger charge is -2.13. The van der Waals surface area contributed by atoms with Gasteiger partial charge in [0.25, 0.3) is 0 Å². The van der Waals surface area contributed by atoms with Crippen molar-refractivity contribution in [1.82, 2.24) is 9.97 Å². The van der Waals surface area contributed by atoms with Gasteiger partial charge in [0.2, 0.25) is 0 Å². The van der Waals surface area contributed by atoms with Gasteiger partial charge in [0, 0.05) is 36.3 Å². The smallest absolute Gasteiger partial charge is 0.363 e. The fourth-order valence-electron chi connectivity index (χ4n) is 1.67. The molecule has 2 heterocycles. The van der Waals surface area contributed by atoms with E-state index in [1.165, 1.54) is 0 Å². The lowest BCUT2D eigenvalue weighted by molar-refractivity contribution is -0.138. The van der Waals surface area contributed by atoms with Crippen LogP contribution in [-0.2, 0) is 12.7 Å². The number of carbonyl (C=O) groups is 1. The highest BCUT2D eigenvalue weighted by Gasteiger charge is 2.33. The molecular formula is C13H9F4N3O. The normalized spacial score (nSPS) is 11.2. The Morgan fingerprint density at radius 2 is 2.05 bits per heavy atom. The van der Waals surface area contributed by atoms with Crippen molar-refractivity contribution in [3.05, 3.63) is 53.2 Å². The Kier molecular flexibility index (Phi) is 4.15. The number of alkyl halides is 3. The minimum Gasteiger partial charge on any atom is -0.363 e. The molecule has 0 saturated carbocycles. The second-order valence-corrected chi connectivity index (χ2v) is 4.10. The molecule has 0 fully saturated rings. The number of anilines is 1. The van der Waals surface area contributed by atoms with Crippen molar-refractivity contribution in [2.45, 2.75) is 12.7 Å². The van der Waals surface area contributed by atoms with Crippen LogP contribution in [0, 0.1) is 5.82 Å². The standard InChI is InChI=1S/C13H9F4N3O/c14-11-3-8(7-21)4-19-12(11)20-6-9-5-18-2-1-10(9)13(15,16)17/h1-5,7H,6H2,(H,19,20). The van der Waals surface area contributed by atoms with Gasteiger partial charge in [0.15, 0.2) is 17.9 Å². The molecule has 110 valence electrons.